The Bertz CT molecular complexity index is 1420. The van der Waals surface area contributed by atoms with Gasteiger partial charge in [-0.15, -0.1) is 0 Å². The largest absolute Gasteiger partial charge is 0.504 e. The SMILES string of the molecule is NC(N)=NC1CCOC2(CCCCC2)C2OC(Oc3c1cc1c(c3O)C(=O)c3ccccc3C1=O)C(O)C(O)C2O. The highest BCUT2D eigenvalue weighted by Crippen LogP contribution is 2.48. The summed E-state index contributed by atoms with van der Waals surface area (Å²) in [5.41, 5.74) is 10.7. The van der Waals surface area contributed by atoms with Crippen LogP contribution in [0.4, 0.5) is 0 Å². The number of aromatic hydroxyl groups is 1. The molecule has 6 rings (SSSR count). The van der Waals surface area contributed by atoms with Gasteiger partial charge < -0.3 is 46.1 Å². The molecule has 2 aromatic rings. The minimum Gasteiger partial charge on any atom is -0.504 e. The molecule has 0 amide bonds. The number of phenols is 1. The van der Waals surface area contributed by atoms with Crippen LogP contribution in [-0.2, 0) is 9.47 Å². The van der Waals surface area contributed by atoms with Gasteiger partial charge in [-0.25, -0.2) is 4.99 Å². The molecule has 2 aromatic carbocycles. The van der Waals surface area contributed by atoms with Gasteiger partial charge in [0.15, 0.2) is 29.0 Å². The van der Waals surface area contributed by atoms with Gasteiger partial charge in [-0.2, -0.15) is 0 Å². The summed E-state index contributed by atoms with van der Waals surface area (Å²) in [6, 6.07) is 6.80. The first-order valence-electron chi connectivity index (χ1n) is 13.8. The van der Waals surface area contributed by atoms with Crippen LogP contribution in [-0.4, -0.2) is 80.9 Å². The van der Waals surface area contributed by atoms with Crippen molar-refractivity contribution < 1.29 is 44.2 Å². The van der Waals surface area contributed by atoms with E-state index in [-0.39, 0.29) is 52.6 Å². The summed E-state index contributed by atoms with van der Waals surface area (Å²) in [6.07, 6.45) is -3.72. The highest BCUT2D eigenvalue weighted by Gasteiger charge is 2.55. The molecule has 6 unspecified atom stereocenters. The Hall–Kier alpha value is -3.55. The van der Waals surface area contributed by atoms with E-state index in [9.17, 15) is 30.0 Å². The smallest absolute Gasteiger partial charge is 0.229 e. The average Bonchev–Trinajstić information content (AvgIpc) is 2.98. The number of rotatable bonds is 1. The van der Waals surface area contributed by atoms with Gasteiger partial charge in [0.2, 0.25) is 6.29 Å². The lowest BCUT2D eigenvalue weighted by Gasteiger charge is -2.50. The average molecular weight is 568 g/mol. The molecule has 2 aliphatic carbocycles. The fourth-order valence-electron chi connectivity index (χ4n) is 6.61. The van der Waals surface area contributed by atoms with Gasteiger partial charge in [-0.05, 0) is 25.3 Å². The van der Waals surface area contributed by atoms with Gasteiger partial charge in [-0.1, -0.05) is 43.5 Å². The van der Waals surface area contributed by atoms with Crippen molar-refractivity contribution in [1.82, 2.24) is 0 Å². The van der Waals surface area contributed by atoms with E-state index in [1.165, 1.54) is 18.2 Å². The van der Waals surface area contributed by atoms with Gasteiger partial charge in [0.05, 0.1) is 17.2 Å². The normalized spacial score (nSPS) is 30.7. The minimum absolute atomic E-state index is 0.0534. The Morgan fingerprint density at radius 1 is 0.927 bits per heavy atom. The molecule has 2 fully saturated rings. The first kappa shape index (κ1) is 27.6. The summed E-state index contributed by atoms with van der Waals surface area (Å²) in [5, 5.41) is 44.3. The van der Waals surface area contributed by atoms with E-state index < -0.39 is 59.7 Å². The summed E-state index contributed by atoms with van der Waals surface area (Å²) < 4.78 is 18.6. The lowest BCUT2D eigenvalue weighted by molar-refractivity contribution is -0.314. The molecule has 2 heterocycles. The van der Waals surface area contributed by atoms with E-state index in [2.05, 4.69) is 4.99 Å². The number of ether oxygens (including phenoxy) is 3. The molecule has 12 nitrogen and oxygen atoms in total. The third-order valence-corrected chi connectivity index (χ3v) is 8.64. The van der Waals surface area contributed by atoms with Crippen molar-refractivity contribution in [2.75, 3.05) is 6.61 Å². The number of fused-ring (bicyclic) bond motifs is 6. The van der Waals surface area contributed by atoms with Gasteiger partial charge >= 0.3 is 0 Å². The molecular formula is C29H33N3O9. The topological polar surface area (TPSA) is 207 Å². The van der Waals surface area contributed by atoms with E-state index in [0.29, 0.717) is 12.8 Å². The Morgan fingerprint density at radius 2 is 1.61 bits per heavy atom. The number of aliphatic hydroxyl groups excluding tert-OH is 3. The summed E-state index contributed by atoms with van der Waals surface area (Å²) in [6.45, 7) is 0.0876. The quantitative estimate of drug-likeness (QED) is 0.179. The molecule has 218 valence electrons. The van der Waals surface area contributed by atoms with Crippen LogP contribution in [0.25, 0.3) is 0 Å². The number of nitrogens with zero attached hydrogens (tertiary/aromatic N) is 1. The summed E-state index contributed by atoms with van der Waals surface area (Å²) in [5.74, 6) is -2.27. The van der Waals surface area contributed by atoms with Crippen LogP contribution in [0, 0.1) is 0 Å². The lowest BCUT2D eigenvalue weighted by Crippen LogP contribution is -2.66. The van der Waals surface area contributed by atoms with Crippen LogP contribution in [0.15, 0.2) is 35.3 Å². The number of guanidine groups is 1. The van der Waals surface area contributed by atoms with Crippen molar-refractivity contribution in [1.29, 1.82) is 0 Å². The number of nitrogens with two attached hydrogens (primary N) is 2. The molecule has 12 heteroatoms. The van der Waals surface area contributed by atoms with Crippen LogP contribution in [0.3, 0.4) is 0 Å². The molecule has 0 radical (unpaired) electrons. The van der Waals surface area contributed by atoms with E-state index in [1.54, 1.807) is 12.1 Å². The van der Waals surface area contributed by atoms with Gasteiger partial charge in [0.1, 0.15) is 24.4 Å². The van der Waals surface area contributed by atoms with Crippen molar-refractivity contribution >= 4 is 17.5 Å². The number of aliphatic hydroxyl groups is 3. The first-order chi connectivity index (χ1) is 19.6. The van der Waals surface area contributed by atoms with Crippen molar-refractivity contribution in [3.05, 3.63) is 58.1 Å². The number of benzene rings is 2. The third kappa shape index (κ3) is 4.46. The molecule has 0 aromatic heterocycles. The van der Waals surface area contributed by atoms with Crippen molar-refractivity contribution in [2.24, 2.45) is 16.5 Å². The standard InChI is InChI=1S/C29H33N3O9/c30-28(31)32-17-8-11-39-29(9-4-1-5-10-29)26-23(37)22(36)24(38)27(41-26)40-25-15(17)12-16-18(21(25)35)20(34)14-7-3-2-6-13(14)19(16)33/h2-3,6-7,12,17,22-24,26-27,35-38H,1,4-5,8-11H2,(H4,30,31,32). The predicted octanol–water partition coefficient (Wildman–Crippen LogP) is 0.792. The van der Waals surface area contributed by atoms with Crippen LogP contribution in [0.2, 0.25) is 0 Å². The highest BCUT2D eigenvalue weighted by atomic mass is 16.7. The second-order valence-electron chi connectivity index (χ2n) is 11.1. The number of hydrogen-bond donors (Lipinski definition) is 6. The first-order valence-corrected chi connectivity index (χ1v) is 13.8. The molecule has 8 N–H and O–H groups in total. The van der Waals surface area contributed by atoms with Crippen molar-refractivity contribution in [3.8, 4) is 11.5 Å². The highest BCUT2D eigenvalue weighted by molar-refractivity contribution is 6.29. The van der Waals surface area contributed by atoms with E-state index in [0.717, 1.165) is 19.3 Å². The molecule has 4 aliphatic rings. The maximum atomic E-state index is 13.5. The van der Waals surface area contributed by atoms with E-state index >= 15 is 0 Å². The zero-order valence-electron chi connectivity index (χ0n) is 22.2. The lowest BCUT2D eigenvalue weighted by atomic mass is 9.76. The maximum absolute atomic E-state index is 13.5. The Kier molecular flexibility index (Phi) is 6.99. The number of carbonyl (C=O) groups excluding carboxylic acids is 2. The third-order valence-electron chi connectivity index (χ3n) is 8.64. The van der Waals surface area contributed by atoms with Gasteiger partial charge in [-0.3, -0.25) is 9.59 Å². The van der Waals surface area contributed by atoms with Crippen molar-refractivity contribution in [3.63, 3.8) is 0 Å². The predicted molar refractivity (Wildman–Crippen MR) is 144 cm³/mol. The summed E-state index contributed by atoms with van der Waals surface area (Å²) >= 11 is 0. The fraction of sp³-hybridized carbons (Fsp3) is 0.483. The van der Waals surface area contributed by atoms with Crippen LogP contribution in [0.5, 0.6) is 11.5 Å². The van der Waals surface area contributed by atoms with Crippen LogP contribution >= 0.6 is 0 Å². The molecule has 2 bridgehead atoms. The number of carbonyl (C=O) groups is 2. The molecule has 2 aliphatic heterocycles. The minimum atomic E-state index is -1.73. The number of ketones is 2. The van der Waals surface area contributed by atoms with Gasteiger partial charge in [0, 0.05) is 28.9 Å². The van der Waals surface area contributed by atoms with Crippen molar-refractivity contribution in [2.45, 2.75) is 80.9 Å². The molecule has 6 atom stereocenters. The Morgan fingerprint density at radius 3 is 2.29 bits per heavy atom. The number of hydrogen-bond acceptors (Lipinski definition) is 10. The van der Waals surface area contributed by atoms with E-state index in [4.69, 9.17) is 25.7 Å². The zero-order chi connectivity index (χ0) is 29.1. The van der Waals surface area contributed by atoms with Crippen LogP contribution in [0.1, 0.15) is 82.0 Å². The monoisotopic (exact) mass is 567 g/mol. The summed E-state index contributed by atoms with van der Waals surface area (Å²) in [4.78, 5) is 31.4. The molecular weight excluding hydrogens is 534 g/mol. The Labute approximate surface area is 235 Å². The molecule has 41 heavy (non-hydrogen) atoms. The van der Waals surface area contributed by atoms with Gasteiger partial charge in [0.25, 0.3) is 0 Å². The number of aliphatic imine (C=N–C) groups is 1. The number of phenolic OH excluding ortho intramolecular Hbond substituents is 1. The maximum Gasteiger partial charge on any atom is 0.229 e. The summed E-state index contributed by atoms with van der Waals surface area (Å²) in [7, 11) is 0. The molecule has 1 saturated heterocycles. The fourth-order valence-corrected chi connectivity index (χ4v) is 6.61. The molecule has 1 spiro atoms. The zero-order valence-corrected chi connectivity index (χ0v) is 22.2. The molecule has 1 saturated carbocycles. The van der Waals surface area contributed by atoms with E-state index in [1.807, 2.05) is 0 Å². The van der Waals surface area contributed by atoms with Crippen LogP contribution < -0.4 is 16.2 Å². The second-order valence-corrected chi connectivity index (χ2v) is 11.1. The Balaban J connectivity index is 1.54. The second kappa shape index (κ2) is 10.4.